The van der Waals surface area contributed by atoms with Crippen LogP contribution in [0.4, 0.5) is 0 Å². The number of rotatable bonds is 1. The van der Waals surface area contributed by atoms with Gasteiger partial charge in [0.1, 0.15) is 11.6 Å². The Morgan fingerprint density at radius 3 is 2.48 bits per heavy atom. The number of nitrogens with one attached hydrogen (secondary N) is 1. The van der Waals surface area contributed by atoms with E-state index in [-0.39, 0.29) is 23.9 Å². The van der Waals surface area contributed by atoms with Crippen molar-refractivity contribution in [1.29, 1.82) is 0 Å². The molecule has 0 bridgehead atoms. The first-order chi connectivity index (χ1) is 9.94. The highest BCUT2D eigenvalue weighted by Crippen LogP contribution is 2.37. The van der Waals surface area contributed by atoms with Gasteiger partial charge in [0.15, 0.2) is 0 Å². The summed E-state index contributed by atoms with van der Waals surface area (Å²) in [6, 6.07) is 0.347. The molecule has 5 heteroatoms. The second-order valence-electron chi connectivity index (χ2n) is 7.17. The van der Waals surface area contributed by atoms with Gasteiger partial charge < -0.3 is 15.1 Å². The third kappa shape index (κ3) is 2.35. The van der Waals surface area contributed by atoms with Gasteiger partial charge in [0.05, 0.1) is 0 Å². The minimum atomic E-state index is -0.587. The van der Waals surface area contributed by atoms with Crippen molar-refractivity contribution in [2.45, 2.75) is 76.0 Å². The number of nitrogens with zero attached hydrogens (tertiary/aromatic N) is 2. The molecule has 0 radical (unpaired) electrons. The van der Waals surface area contributed by atoms with Gasteiger partial charge in [-0.25, -0.2) is 0 Å². The normalized spacial score (nSPS) is 37.1. The Bertz CT molecular complexity index is 445. The topological polar surface area (TPSA) is 52.7 Å². The molecule has 118 valence electrons. The second kappa shape index (κ2) is 5.27. The Morgan fingerprint density at radius 1 is 1.19 bits per heavy atom. The largest absolute Gasteiger partial charge is 0.340 e. The van der Waals surface area contributed by atoms with Crippen LogP contribution in [-0.4, -0.2) is 58.9 Å². The van der Waals surface area contributed by atoms with E-state index < -0.39 is 5.54 Å². The van der Waals surface area contributed by atoms with Crippen molar-refractivity contribution in [3.05, 3.63) is 0 Å². The first-order valence-electron chi connectivity index (χ1n) is 8.30. The average molecular weight is 293 g/mol. The van der Waals surface area contributed by atoms with Crippen molar-refractivity contribution < 1.29 is 9.59 Å². The predicted molar refractivity (Wildman–Crippen MR) is 80.8 cm³/mol. The molecule has 3 unspecified atom stereocenters. The van der Waals surface area contributed by atoms with Crippen molar-refractivity contribution in [1.82, 2.24) is 15.1 Å². The highest BCUT2D eigenvalue weighted by molar-refractivity contribution is 6.00. The summed E-state index contributed by atoms with van der Waals surface area (Å²) in [7, 11) is 2.13. The zero-order valence-corrected chi connectivity index (χ0v) is 13.4. The summed E-state index contributed by atoms with van der Waals surface area (Å²) in [5, 5.41) is 3.04. The van der Waals surface area contributed by atoms with Crippen LogP contribution in [0, 0.1) is 0 Å². The Balaban J connectivity index is 1.84. The standard InChI is InChI=1S/C16H27N3O2/c1-11-10-13(6-9-18(11)3)19-12(2)14(20)17-16(15(19)21)7-4-5-8-16/h11-13H,4-10H2,1-3H3,(H,17,20). The van der Waals surface area contributed by atoms with Crippen molar-refractivity contribution in [3.63, 3.8) is 0 Å². The van der Waals surface area contributed by atoms with Crippen molar-refractivity contribution in [2.24, 2.45) is 0 Å². The van der Waals surface area contributed by atoms with E-state index >= 15 is 0 Å². The molecule has 1 N–H and O–H groups in total. The van der Waals surface area contributed by atoms with E-state index in [1.54, 1.807) is 0 Å². The average Bonchev–Trinajstić information content (AvgIpc) is 2.90. The van der Waals surface area contributed by atoms with Crippen LogP contribution in [-0.2, 0) is 9.59 Å². The fourth-order valence-electron chi connectivity index (χ4n) is 4.26. The zero-order chi connectivity index (χ0) is 15.2. The number of likely N-dealkylation sites (tertiary alicyclic amines) is 1. The second-order valence-corrected chi connectivity index (χ2v) is 7.17. The molecule has 1 spiro atoms. The monoisotopic (exact) mass is 293 g/mol. The molecule has 0 aromatic heterocycles. The van der Waals surface area contributed by atoms with E-state index in [1.165, 1.54) is 0 Å². The predicted octanol–water partition coefficient (Wildman–Crippen LogP) is 1.13. The number of amides is 2. The molecule has 3 fully saturated rings. The molecule has 3 aliphatic rings. The minimum absolute atomic E-state index is 0.0306. The summed E-state index contributed by atoms with van der Waals surface area (Å²) in [6.07, 6.45) is 5.64. The van der Waals surface area contributed by atoms with Gasteiger partial charge in [-0.15, -0.1) is 0 Å². The number of hydrogen-bond donors (Lipinski definition) is 1. The van der Waals surface area contributed by atoms with Crippen LogP contribution in [0.1, 0.15) is 52.4 Å². The van der Waals surface area contributed by atoms with Crippen LogP contribution in [0.3, 0.4) is 0 Å². The molecule has 21 heavy (non-hydrogen) atoms. The van der Waals surface area contributed by atoms with Gasteiger partial charge in [-0.3, -0.25) is 9.59 Å². The molecular formula is C16H27N3O2. The molecular weight excluding hydrogens is 266 g/mol. The summed E-state index contributed by atoms with van der Waals surface area (Å²) >= 11 is 0. The van der Waals surface area contributed by atoms with Gasteiger partial charge in [-0.2, -0.15) is 0 Å². The molecule has 2 amide bonds. The molecule has 2 heterocycles. The molecule has 3 rings (SSSR count). The van der Waals surface area contributed by atoms with Crippen LogP contribution in [0.15, 0.2) is 0 Å². The Hall–Kier alpha value is -1.10. The first kappa shape index (κ1) is 14.8. The number of piperidine rings is 1. The molecule has 3 atom stereocenters. The van der Waals surface area contributed by atoms with E-state index in [1.807, 2.05) is 11.8 Å². The summed E-state index contributed by atoms with van der Waals surface area (Å²) in [5.41, 5.74) is -0.587. The minimum Gasteiger partial charge on any atom is -0.340 e. The van der Waals surface area contributed by atoms with Crippen LogP contribution in [0.2, 0.25) is 0 Å². The summed E-state index contributed by atoms with van der Waals surface area (Å²) in [5.74, 6) is 0.205. The summed E-state index contributed by atoms with van der Waals surface area (Å²) < 4.78 is 0. The lowest BCUT2D eigenvalue weighted by molar-refractivity contribution is -0.158. The molecule has 1 saturated carbocycles. The third-order valence-electron chi connectivity index (χ3n) is 5.83. The highest BCUT2D eigenvalue weighted by atomic mass is 16.2. The van der Waals surface area contributed by atoms with E-state index in [0.29, 0.717) is 6.04 Å². The van der Waals surface area contributed by atoms with Crippen molar-refractivity contribution in [3.8, 4) is 0 Å². The lowest BCUT2D eigenvalue weighted by Crippen LogP contribution is -2.71. The maximum absolute atomic E-state index is 13.1. The molecule has 2 saturated heterocycles. The lowest BCUT2D eigenvalue weighted by Gasteiger charge is -2.49. The van der Waals surface area contributed by atoms with E-state index in [4.69, 9.17) is 0 Å². The first-order valence-corrected chi connectivity index (χ1v) is 8.30. The van der Waals surface area contributed by atoms with Crippen LogP contribution in [0.5, 0.6) is 0 Å². The van der Waals surface area contributed by atoms with Gasteiger partial charge >= 0.3 is 0 Å². The van der Waals surface area contributed by atoms with E-state index in [0.717, 1.165) is 45.1 Å². The van der Waals surface area contributed by atoms with Crippen LogP contribution in [0.25, 0.3) is 0 Å². The Labute approximate surface area is 127 Å². The summed E-state index contributed by atoms with van der Waals surface area (Å²) in [4.78, 5) is 29.7. The molecule has 2 aliphatic heterocycles. The van der Waals surface area contributed by atoms with Gasteiger partial charge in [-0.1, -0.05) is 12.8 Å². The Morgan fingerprint density at radius 2 is 1.86 bits per heavy atom. The van der Waals surface area contributed by atoms with Gasteiger partial charge in [0.25, 0.3) is 0 Å². The van der Waals surface area contributed by atoms with Crippen molar-refractivity contribution >= 4 is 11.8 Å². The number of piperazine rings is 1. The summed E-state index contributed by atoms with van der Waals surface area (Å²) in [6.45, 7) is 5.08. The third-order valence-corrected chi connectivity index (χ3v) is 5.83. The SMILES string of the molecule is CC1CC(N2C(=O)C3(CCCC3)NC(=O)C2C)CCN1C. The maximum atomic E-state index is 13.1. The van der Waals surface area contributed by atoms with Crippen LogP contribution < -0.4 is 5.32 Å². The zero-order valence-electron chi connectivity index (χ0n) is 13.4. The van der Waals surface area contributed by atoms with Gasteiger partial charge in [0, 0.05) is 18.6 Å². The lowest BCUT2D eigenvalue weighted by atomic mass is 9.87. The van der Waals surface area contributed by atoms with E-state index in [2.05, 4.69) is 24.2 Å². The molecule has 1 aliphatic carbocycles. The Kier molecular flexibility index (Phi) is 3.72. The van der Waals surface area contributed by atoms with Crippen molar-refractivity contribution in [2.75, 3.05) is 13.6 Å². The molecule has 0 aromatic rings. The van der Waals surface area contributed by atoms with Crippen LogP contribution >= 0.6 is 0 Å². The molecule has 5 nitrogen and oxygen atoms in total. The maximum Gasteiger partial charge on any atom is 0.249 e. The fraction of sp³-hybridized carbons (Fsp3) is 0.875. The van der Waals surface area contributed by atoms with E-state index in [9.17, 15) is 9.59 Å². The quantitative estimate of drug-likeness (QED) is 0.788. The number of carbonyl (C=O) groups is 2. The van der Waals surface area contributed by atoms with Gasteiger partial charge in [-0.05, 0) is 46.6 Å². The van der Waals surface area contributed by atoms with Gasteiger partial charge in [0.2, 0.25) is 11.8 Å². The number of hydrogen-bond acceptors (Lipinski definition) is 3. The fourth-order valence-corrected chi connectivity index (χ4v) is 4.26. The molecule has 0 aromatic carbocycles. The highest BCUT2D eigenvalue weighted by Gasteiger charge is 2.52. The smallest absolute Gasteiger partial charge is 0.249 e. The number of carbonyl (C=O) groups excluding carboxylic acids is 2.